The molecule has 2 aliphatic heterocycles. The number of nitrogens with zero attached hydrogens (tertiary/aromatic N) is 5. The fourth-order valence-corrected chi connectivity index (χ4v) is 3.53. The average Bonchev–Trinajstić information content (AvgIpc) is 3.34. The zero-order valence-corrected chi connectivity index (χ0v) is 17.6. The lowest BCUT2D eigenvalue weighted by atomic mass is 10.3. The fraction of sp³-hybridized carbons (Fsp3) is 0.524. The van der Waals surface area contributed by atoms with Crippen molar-refractivity contribution in [2.24, 2.45) is 0 Å². The van der Waals surface area contributed by atoms with Gasteiger partial charge in [-0.15, -0.1) is 0 Å². The molecule has 0 bridgehead atoms. The number of rotatable bonds is 7. The summed E-state index contributed by atoms with van der Waals surface area (Å²) in [4.78, 5) is 30.5. The van der Waals surface area contributed by atoms with Gasteiger partial charge in [0.1, 0.15) is 0 Å². The standard InChI is InChI=1S/C21H27FN6O3/c1-15(31-17-7-3-2-6-16(17)22)19(29)23-14-18-24-20(27-8-4-5-9-27)26-21(25-18)28-10-12-30-13-11-28/h2-3,6-7,15H,4-5,8-14H2,1H3,(H,23,29). The van der Waals surface area contributed by atoms with Crippen molar-refractivity contribution in [1.29, 1.82) is 0 Å². The van der Waals surface area contributed by atoms with E-state index >= 15 is 0 Å². The topological polar surface area (TPSA) is 92.7 Å². The van der Waals surface area contributed by atoms with Crippen LogP contribution in [0.25, 0.3) is 0 Å². The van der Waals surface area contributed by atoms with E-state index < -0.39 is 11.9 Å². The molecule has 1 unspecified atom stereocenters. The van der Waals surface area contributed by atoms with Gasteiger partial charge >= 0.3 is 0 Å². The van der Waals surface area contributed by atoms with Gasteiger partial charge < -0.3 is 24.6 Å². The van der Waals surface area contributed by atoms with Crippen molar-refractivity contribution in [1.82, 2.24) is 20.3 Å². The van der Waals surface area contributed by atoms with Gasteiger partial charge in [-0.05, 0) is 31.9 Å². The molecule has 4 rings (SSSR count). The van der Waals surface area contributed by atoms with Gasteiger partial charge in [0.25, 0.3) is 5.91 Å². The van der Waals surface area contributed by atoms with E-state index in [4.69, 9.17) is 9.47 Å². The number of amides is 1. The molecule has 1 atom stereocenters. The summed E-state index contributed by atoms with van der Waals surface area (Å²) in [6, 6.07) is 6.00. The van der Waals surface area contributed by atoms with Crippen LogP contribution in [0, 0.1) is 5.82 Å². The average molecular weight is 430 g/mol. The summed E-state index contributed by atoms with van der Waals surface area (Å²) in [6.07, 6.45) is 1.35. The smallest absolute Gasteiger partial charge is 0.261 e. The van der Waals surface area contributed by atoms with Gasteiger partial charge in [-0.25, -0.2) is 4.39 Å². The summed E-state index contributed by atoms with van der Waals surface area (Å²) in [5.74, 6) is 0.861. The number of para-hydroxylation sites is 1. The third kappa shape index (κ3) is 5.38. The molecule has 1 aromatic heterocycles. The maximum absolute atomic E-state index is 13.8. The first-order valence-electron chi connectivity index (χ1n) is 10.6. The molecular weight excluding hydrogens is 403 g/mol. The highest BCUT2D eigenvalue weighted by Crippen LogP contribution is 2.20. The van der Waals surface area contributed by atoms with Crippen LogP contribution in [0.4, 0.5) is 16.3 Å². The zero-order chi connectivity index (χ0) is 21.6. The second-order valence-corrected chi connectivity index (χ2v) is 7.55. The van der Waals surface area contributed by atoms with Gasteiger partial charge in [0.15, 0.2) is 23.5 Å². The first kappa shape index (κ1) is 21.2. The van der Waals surface area contributed by atoms with E-state index in [1.54, 1.807) is 19.1 Å². The maximum atomic E-state index is 13.8. The Kier molecular flexibility index (Phi) is 6.76. The monoisotopic (exact) mass is 430 g/mol. The Hall–Kier alpha value is -3.01. The Labute approximate surface area is 180 Å². The number of nitrogens with one attached hydrogen (secondary N) is 1. The van der Waals surface area contributed by atoms with E-state index in [1.807, 2.05) is 0 Å². The molecule has 0 aliphatic carbocycles. The Morgan fingerprint density at radius 3 is 2.42 bits per heavy atom. The first-order chi connectivity index (χ1) is 15.1. The summed E-state index contributed by atoms with van der Waals surface area (Å²) < 4.78 is 24.6. The molecule has 1 aromatic carbocycles. The fourth-order valence-electron chi connectivity index (χ4n) is 3.53. The van der Waals surface area contributed by atoms with E-state index in [9.17, 15) is 9.18 Å². The number of benzene rings is 1. The lowest BCUT2D eigenvalue weighted by Crippen LogP contribution is -2.39. The molecule has 2 aromatic rings. The number of morpholine rings is 1. The van der Waals surface area contributed by atoms with Gasteiger partial charge in [0.05, 0.1) is 19.8 Å². The van der Waals surface area contributed by atoms with E-state index in [2.05, 4.69) is 30.1 Å². The molecule has 10 heteroatoms. The third-order valence-electron chi connectivity index (χ3n) is 5.27. The first-order valence-corrected chi connectivity index (χ1v) is 10.6. The second-order valence-electron chi connectivity index (χ2n) is 7.55. The van der Waals surface area contributed by atoms with Crippen molar-refractivity contribution in [2.75, 3.05) is 49.2 Å². The number of hydrogen-bond acceptors (Lipinski definition) is 8. The number of hydrogen-bond donors (Lipinski definition) is 1. The third-order valence-corrected chi connectivity index (χ3v) is 5.27. The van der Waals surface area contributed by atoms with Crippen LogP contribution in [0.3, 0.4) is 0 Å². The van der Waals surface area contributed by atoms with Gasteiger partial charge in [0, 0.05) is 26.2 Å². The van der Waals surface area contributed by atoms with E-state index in [0.29, 0.717) is 44.0 Å². The minimum absolute atomic E-state index is 0.0382. The predicted molar refractivity (Wildman–Crippen MR) is 113 cm³/mol. The van der Waals surface area contributed by atoms with Gasteiger partial charge in [-0.1, -0.05) is 12.1 Å². The van der Waals surface area contributed by atoms with Crippen molar-refractivity contribution < 1.29 is 18.7 Å². The summed E-state index contributed by atoms with van der Waals surface area (Å²) in [7, 11) is 0. The molecule has 31 heavy (non-hydrogen) atoms. The number of aromatic nitrogens is 3. The lowest BCUT2D eigenvalue weighted by molar-refractivity contribution is -0.127. The number of anilines is 2. The van der Waals surface area contributed by atoms with E-state index in [0.717, 1.165) is 25.9 Å². The van der Waals surface area contributed by atoms with Crippen LogP contribution in [0.15, 0.2) is 24.3 Å². The Morgan fingerprint density at radius 1 is 1.10 bits per heavy atom. The van der Waals surface area contributed by atoms with Gasteiger partial charge in [0.2, 0.25) is 11.9 Å². The molecule has 2 aliphatic rings. The number of carbonyl (C=O) groups excluding carboxylic acids is 1. The minimum Gasteiger partial charge on any atom is -0.478 e. The number of halogens is 1. The molecule has 2 saturated heterocycles. The number of carbonyl (C=O) groups is 1. The van der Waals surface area contributed by atoms with Crippen molar-refractivity contribution >= 4 is 17.8 Å². The van der Waals surface area contributed by atoms with Crippen molar-refractivity contribution in [3.05, 3.63) is 35.9 Å². The molecule has 3 heterocycles. The van der Waals surface area contributed by atoms with Gasteiger partial charge in [-0.3, -0.25) is 4.79 Å². The van der Waals surface area contributed by atoms with Crippen molar-refractivity contribution in [3.63, 3.8) is 0 Å². The molecular formula is C21H27FN6O3. The lowest BCUT2D eigenvalue weighted by Gasteiger charge is -2.28. The minimum atomic E-state index is -0.865. The van der Waals surface area contributed by atoms with E-state index in [1.165, 1.54) is 12.1 Å². The molecule has 9 nitrogen and oxygen atoms in total. The SMILES string of the molecule is CC(Oc1ccccc1F)C(=O)NCc1nc(N2CCCC2)nc(N2CCOCC2)n1. The highest BCUT2D eigenvalue weighted by Gasteiger charge is 2.22. The summed E-state index contributed by atoms with van der Waals surface area (Å²) in [5.41, 5.74) is 0. The highest BCUT2D eigenvalue weighted by molar-refractivity contribution is 5.80. The Balaban J connectivity index is 1.44. The molecule has 1 amide bonds. The summed E-state index contributed by atoms with van der Waals surface area (Å²) >= 11 is 0. The van der Waals surface area contributed by atoms with Crippen LogP contribution in [-0.4, -0.2) is 66.4 Å². The normalized spacial score (nSPS) is 17.5. The molecule has 0 spiro atoms. The predicted octanol–water partition coefficient (Wildman–Crippen LogP) is 1.53. The van der Waals surface area contributed by atoms with Gasteiger partial charge in [-0.2, -0.15) is 15.0 Å². The molecule has 0 saturated carbocycles. The molecule has 166 valence electrons. The number of ether oxygens (including phenoxy) is 2. The molecule has 1 N–H and O–H groups in total. The van der Waals surface area contributed by atoms with E-state index in [-0.39, 0.29) is 18.2 Å². The highest BCUT2D eigenvalue weighted by atomic mass is 19.1. The van der Waals surface area contributed by atoms with Crippen LogP contribution in [0.5, 0.6) is 5.75 Å². The zero-order valence-electron chi connectivity index (χ0n) is 17.6. The van der Waals surface area contributed by atoms with Crippen molar-refractivity contribution in [2.45, 2.75) is 32.4 Å². The van der Waals surface area contributed by atoms with Crippen LogP contribution in [0.1, 0.15) is 25.6 Å². The van der Waals surface area contributed by atoms with Crippen molar-refractivity contribution in [3.8, 4) is 5.75 Å². The largest absolute Gasteiger partial charge is 0.478 e. The van der Waals surface area contributed by atoms with Crippen LogP contribution < -0.4 is 19.9 Å². The van der Waals surface area contributed by atoms with Crippen LogP contribution in [0.2, 0.25) is 0 Å². The molecule has 2 fully saturated rings. The Morgan fingerprint density at radius 2 is 1.74 bits per heavy atom. The second kappa shape index (κ2) is 9.86. The van der Waals surface area contributed by atoms with Crippen LogP contribution in [-0.2, 0) is 16.1 Å². The maximum Gasteiger partial charge on any atom is 0.261 e. The summed E-state index contributed by atoms with van der Waals surface area (Å²) in [6.45, 7) is 6.20. The van der Waals surface area contributed by atoms with Crippen LogP contribution >= 0.6 is 0 Å². The quantitative estimate of drug-likeness (QED) is 0.707. The summed E-state index contributed by atoms with van der Waals surface area (Å²) in [5, 5.41) is 2.79. The Bertz CT molecular complexity index is 902. The molecule has 0 radical (unpaired) electrons.